The molecule has 3 heterocycles. The molecule has 2 aliphatic heterocycles. The van der Waals surface area contributed by atoms with Gasteiger partial charge in [0.15, 0.2) is 0 Å². The van der Waals surface area contributed by atoms with Crippen LogP contribution in [0, 0.1) is 0 Å². The number of hydrogen-bond acceptors (Lipinski definition) is 4. The lowest BCUT2D eigenvalue weighted by molar-refractivity contribution is -0.130. The second kappa shape index (κ2) is 10.1. The molecule has 1 aromatic carbocycles. The molecule has 2 amide bonds. The Morgan fingerprint density at radius 2 is 1.74 bits per heavy atom. The number of aryl methyl sites for hydroxylation is 1. The van der Waals surface area contributed by atoms with E-state index in [1.165, 1.54) is 6.42 Å². The summed E-state index contributed by atoms with van der Waals surface area (Å²) in [7, 11) is 0. The third kappa shape index (κ3) is 5.14. The highest BCUT2D eigenvalue weighted by Crippen LogP contribution is 2.16. The summed E-state index contributed by atoms with van der Waals surface area (Å²) >= 11 is 0. The van der Waals surface area contributed by atoms with Crippen molar-refractivity contribution >= 4 is 22.7 Å². The van der Waals surface area contributed by atoms with Gasteiger partial charge >= 0.3 is 0 Å². The van der Waals surface area contributed by atoms with Gasteiger partial charge in [0, 0.05) is 44.6 Å². The van der Waals surface area contributed by atoms with E-state index in [2.05, 4.69) is 5.32 Å². The Morgan fingerprint density at radius 3 is 2.65 bits per heavy atom. The van der Waals surface area contributed by atoms with Gasteiger partial charge in [-0.05, 0) is 50.3 Å². The van der Waals surface area contributed by atoms with Crippen LogP contribution in [0.5, 0.6) is 0 Å². The smallest absolute Gasteiger partial charge is 0.261 e. The first-order valence-electron chi connectivity index (χ1n) is 11.7. The van der Waals surface area contributed by atoms with E-state index < -0.39 is 0 Å². The first-order chi connectivity index (χ1) is 15.1. The van der Waals surface area contributed by atoms with Gasteiger partial charge in [-0.1, -0.05) is 19.3 Å². The lowest BCUT2D eigenvalue weighted by atomic mass is 10.1. The van der Waals surface area contributed by atoms with E-state index in [1.807, 2.05) is 9.47 Å². The molecule has 1 N–H and O–H groups in total. The van der Waals surface area contributed by atoms with Crippen molar-refractivity contribution in [3.05, 3.63) is 39.9 Å². The number of carbonyl (C=O) groups is 2. The molecular formula is C24H32N4O3. The molecule has 7 heteroatoms. The summed E-state index contributed by atoms with van der Waals surface area (Å²) in [5, 5.41) is 3.51. The number of nitrogens with zero attached hydrogens (tertiary/aromatic N) is 3. The SMILES string of the molecule is O=C(NCCCN1CCCCCC1=O)c1ccc2c(=O)n3c(nc2c1)CCCCCC3. The zero-order valence-electron chi connectivity index (χ0n) is 18.2. The summed E-state index contributed by atoms with van der Waals surface area (Å²) in [6, 6.07) is 5.15. The monoisotopic (exact) mass is 424 g/mol. The minimum absolute atomic E-state index is 0.00373. The molecule has 7 nitrogen and oxygen atoms in total. The van der Waals surface area contributed by atoms with E-state index in [9.17, 15) is 14.4 Å². The van der Waals surface area contributed by atoms with E-state index in [4.69, 9.17) is 4.98 Å². The first-order valence-corrected chi connectivity index (χ1v) is 11.7. The molecule has 1 aromatic heterocycles. The number of hydrogen-bond donors (Lipinski definition) is 1. The molecule has 1 fully saturated rings. The largest absolute Gasteiger partial charge is 0.352 e. The van der Waals surface area contributed by atoms with Gasteiger partial charge in [-0.15, -0.1) is 0 Å². The van der Waals surface area contributed by atoms with Crippen molar-refractivity contribution in [2.24, 2.45) is 0 Å². The molecule has 0 aliphatic carbocycles. The number of nitrogens with one attached hydrogen (secondary N) is 1. The van der Waals surface area contributed by atoms with Gasteiger partial charge in [-0.25, -0.2) is 4.98 Å². The van der Waals surface area contributed by atoms with Crippen molar-refractivity contribution < 1.29 is 9.59 Å². The summed E-state index contributed by atoms with van der Waals surface area (Å²) in [6.07, 6.45) is 9.69. The molecule has 166 valence electrons. The molecule has 31 heavy (non-hydrogen) atoms. The highest BCUT2D eigenvalue weighted by Gasteiger charge is 2.17. The van der Waals surface area contributed by atoms with Gasteiger partial charge in [0.25, 0.3) is 11.5 Å². The Morgan fingerprint density at radius 1 is 0.968 bits per heavy atom. The normalized spacial score (nSPS) is 17.5. The summed E-state index contributed by atoms with van der Waals surface area (Å²) in [6.45, 7) is 2.74. The standard InChI is InChI=1S/C24H32N4O3/c29-22-10-5-3-6-14-27(22)15-8-13-25-23(30)18-11-12-19-20(17-18)26-21-9-4-1-2-7-16-28(21)24(19)31/h11-12,17H,1-10,13-16H2,(H,25,30). The number of likely N-dealkylation sites (tertiary alicyclic amines) is 1. The van der Waals surface area contributed by atoms with Crippen LogP contribution in [0.4, 0.5) is 0 Å². The molecule has 0 atom stereocenters. The minimum Gasteiger partial charge on any atom is -0.352 e. The Balaban J connectivity index is 1.40. The Hall–Kier alpha value is -2.70. The highest BCUT2D eigenvalue weighted by atomic mass is 16.2. The third-order valence-corrected chi connectivity index (χ3v) is 6.39. The Bertz CT molecular complexity index is 1010. The zero-order chi connectivity index (χ0) is 21.6. The molecule has 0 saturated carbocycles. The van der Waals surface area contributed by atoms with Crippen LogP contribution in [-0.2, 0) is 17.8 Å². The molecule has 4 rings (SSSR count). The van der Waals surface area contributed by atoms with Crippen LogP contribution in [0.1, 0.15) is 74.0 Å². The fourth-order valence-corrected chi connectivity index (χ4v) is 4.59. The molecule has 0 unspecified atom stereocenters. The number of aromatic nitrogens is 2. The van der Waals surface area contributed by atoms with Crippen LogP contribution < -0.4 is 10.9 Å². The van der Waals surface area contributed by atoms with Crippen LogP contribution in [-0.4, -0.2) is 45.9 Å². The van der Waals surface area contributed by atoms with Crippen molar-refractivity contribution in [2.45, 2.75) is 70.8 Å². The third-order valence-electron chi connectivity index (χ3n) is 6.39. The van der Waals surface area contributed by atoms with Crippen molar-refractivity contribution in [1.29, 1.82) is 0 Å². The molecule has 0 spiro atoms. The maximum absolute atomic E-state index is 12.9. The molecule has 2 aliphatic rings. The number of rotatable bonds is 5. The Kier molecular flexibility index (Phi) is 6.99. The van der Waals surface area contributed by atoms with Gasteiger partial charge in [0.05, 0.1) is 10.9 Å². The molecule has 2 aromatic rings. The summed E-state index contributed by atoms with van der Waals surface area (Å²) in [5.41, 5.74) is 1.11. The van der Waals surface area contributed by atoms with Gasteiger partial charge in [0.2, 0.25) is 5.91 Å². The van der Waals surface area contributed by atoms with E-state index >= 15 is 0 Å². The summed E-state index contributed by atoms with van der Waals surface area (Å²) < 4.78 is 1.81. The average Bonchev–Trinajstić information content (AvgIpc) is 2.96. The fourth-order valence-electron chi connectivity index (χ4n) is 4.59. The number of carbonyl (C=O) groups excluding carboxylic acids is 2. The zero-order valence-corrected chi connectivity index (χ0v) is 18.2. The van der Waals surface area contributed by atoms with Crippen LogP contribution in [0.3, 0.4) is 0 Å². The van der Waals surface area contributed by atoms with Crippen LogP contribution in [0.15, 0.2) is 23.0 Å². The quantitative estimate of drug-likeness (QED) is 0.748. The second-order valence-electron chi connectivity index (χ2n) is 8.68. The number of benzene rings is 1. The lowest BCUT2D eigenvalue weighted by Crippen LogP contribution is -2.34. The van der Waals surface area contributed by atoms with Crippen LogP contribution in [0.25, 0.3) is 10.9 Å². The summed E-state index contributed by atoms with van der Waals surface area (Å²) in [5.74, 6) is 0.889. The van der Waals surface area contributed by atoms with Gasteiger partial charge in [-0.2, -0.15) is 0 Å². The van der Waals surface area contributed by atoms with E-state index in [1.54, 1.807) is 18.2 Å². The first kappa shape index (κ1) is 21.5. The van der Waals surface area contributed by atoms with Gasteiger partial charge in [-0.3, -0.25) is 19.0 Å². The van der Waals surface area contributed by atoms with E-state index in [0.717, 1.165) is 70.3 Å². The minimum atomic E-state index is -0.169. The molecule has 0 bridgehead atoms. The second-order valence-corrected chi connectivity index (χ2v) is 8.68. The average molecular weight is 425 g/mol. The van der Waals surface area contributed by atoms with Crippen LogP contribution >= 0.6 is 0 Å². The molecule has 1 saturated heterocycles. The predicted molar refractivity (Wildman–Crippen MR) is 120 cm³/mol. The van der Waals surface area contributed by atoms with E-state index in [-0.39, 0.29) is 17.4 Å². The number of fused-ring (bicyclic) bond motifs is 2. The fraction of sp³-hybridized carbons (Fsp3) is 0.583. The van der Waals surface area contributed by atoms with Gasteiger partial charge in [0.1, 0.15) is 5.82 Å². The van der Waals surface area contributed by atoms with Gasteiger partial charge < -0.3 is 10.2 Å². The maximum Gasteiger partial charge on any atom is 0.261 e. The summed E-state index contributed by atoms with van der Waals surface area (Å²) in [4.78, 5) is 44.3. The van der Waals surface area contributed by atoms with E-state index in [0.29, 0.717) is 36.0 Å². The highest BCUT2D eigenvalue weighted by molar-refractivity contribution is 5.97. The van der Waals surface area contributed by atoms with Crippen molar-refractivity contribution in [1.82, 2.24) is 19.8 Å². The number of amides is 2. The lowest BCUT2D eigenvalue weighted by Gasteiger charge is -2.20. The van der Waals surface area contributed by atoms with Crippen molar-refractivity contribution in [3.63, 3.8) is 0 Å². The molecule has 0 radical (unpaired) electrons. The predicted octanol–water partition coefficient (Wildman–Crippen LogP) is 3.04. The molecular weight excluding hydrogens is 392 g/mol. The maximum atomic E-state index is 12.9. The Labute approximate surface area is 182 Å². The topological polar surface area (TPSA) is 84.3 Å². The van der Waals surface area contributed by atoms with Crippen molar-refractivity contribution in [3.8, 4) is 0 Å². The van der Waals surface area contributed by atoms with Crippen LogP contribution in [0.2, 0.25) is 0 Å². The van der Waals surface area contributed by atoms with Crippen molar-refractivity contribution in [2.75, 3.05) is 19.6 Å².